The van der Waals surface area contributed by atoms with Crippen molar-refractivity contribution < 1.29 is 0 Å². The highest BCUT2D eigenvalue weighted by atomic mass is 14.6. The van der Waals surface area contributed by atoms with E-state index in [1.807, 2.05) is 0 Å². The Bertz CT molecular complexity index is 301. The van der Waals surface area contributed by atoms with Crippen molar-refractivity contribution in [3.63, 3.8) is 0 Å². The first-order valence-corrected chi connectivity index (χ1v) is 5.02. The van der Waals surface area contributed by atoms with Gasteiger partial charge in [-0.3, -0.25) is 0 Å². The predicted molar refractivity (Wildman–Crippen MR) is 56.8 cm³/mol. The molecule has 13 heavy (non-hydrogen) atoms. The second kappa shape index (κ2) is 3.06. The van der Waals surface area contributed by atoms with Crippen molar-refractivity contribution in [2.75, 3.05) is 5.73 Å². The molecule has 0 radical (unpaired) electrons. The molecule has 1 nitrogen and oxygen atoms in total. The second-order valence-corrected chi connectivity index (χ2v) is 4.29. The average Bonchev–Trinajstić information content (AvgIpc) is 2.84. The van der Waals surface area contributed by atoms with Crippen molar-refractivity contribution in [2.24, 2.45) is 5.92 Å². The Morgan fingerprint density at radius 2 is 1.77 bits per heavy atom. The van der Waals surface area contributed by atoms with Crippen molar-refractivity contribution in [1.82, 2.24) is 0 Å². The van der Waals surface area contributed by atoms with Gasteiger partial charge in [-0.1, -0.05) is 12.1 Å². The van der Waals surface area contributed by atoms with Crippen LogP contribution >= 0.6 is 0 Å². The number of benzene rings is 1. The Kier molecular flexibility index (Phi) is 2.03. The fraction of sp³-hybridized carbons (Fsp3) is 0.500. The van der Waals surface area contributed by atoms with Crippen molar-refractivity contribution in [3.05, 3.63) is 28.8 Å². The SMILES string of the molecule is Cc1cc(CC2CC2)cc(C)c1N. The first kappa shape index (κ1) is 8.61. The highest BCUT2D eigenvalue weighted by Crippen LogP contribution is 2.33. The van der Waals surface area contributed by atoms with Crippen molar-refractivity contribution in [1.29, 1.82) is 0 Å². The molecule has 0 aromatic heterocycles. The summed E-state index contributed by atoms with van der Waals surface area (Å²) >= 11 is 0. The van der Waals surface area contributed by atoms with Crippen LogP contribution < -0.4 is 5.73 Å². The van der Waals surface area contributed by atoms with Gasteiger partial charge in [0.25, 0.3) is 0 Å². The van der Waals surface area contributed by atoms with E-state index in [4.69, 9.17) is 5.73 Å². The van der Waals surface area contributed by atoms with E-state index < -0.39 is 0 Å². The van der Waals surface area contributed by atoms with Crippen LogP contribution in [0.5, 0.6) is 0 Å². The largest absolute Gasteiger partial charge is 0.398 e. The van der Waals surface area contributed by atoms with Crippen LogP contribution in [0, 0.1) is 19.8 Å². The van der Waals surface area contributed by atoms with Crippen LogP contribution in [-0.4, -0.2) is 0 Å². The Morgan fingerprint density at radius 3 is 2.23 bits per heavy atom. The third-order valence-corrected chi connectivity index (χ3v) is 2.87. The van der Waals surface area contributed by atoms with E-state index in [1.165, 1.54) is 36.0 Å². The molecule has 70 valence electrons. The fourth-order valence-corrected chi connectivity index (χ4v) is 1.84. The van der Waals surface area contributed by atoms with E-state index in [1.54, 1.807) is 0 Å². The zero-order valence-corrected chi connectivity index (χ0v) is 8.43. The van der Waals surface area contributed by atoms with E-state index >= 15 is 0 Å². The molecule has 0 saturated heterocycles. The Balaban J connectivity index is 2.25. The molecule has 2 rings (SSSR count). The molecule has 0 spiro atoms. The minimum atomic E-state index is 0.958. The standard InChI is InChI=1S/C12H17N/c1-8-5-11(7-10-3-4-10)6-9(2)12(8)13/h5-6,10H,3-4,7,13H2,1-2H3. The highest BCUT2D eigenvalue weighted by Gasteiger charge is 2.21. The molecule has 0 bridgehead atoms. The van der Waals surface area contributed by atoms with Crippen LogP contribution in [0.4, 0.5) is 5.69 Å². The van der Waals surface area contributed by atoms with Crippen molar-refractivity contribution in [3.8, 4) is 0 Å². The van der Waals surface area contributed by atoms with Gasteiger partial charge < -0.3 is 5.73 Å². The van der Waals surface area contributed by atoms with Gasteiger partial charge in [-0.15, -0.1) is 0 Å². The molecule has 2 N–H and O–H groups in total. The Hall–Kier alpha value is -0.980. The number of nitrogens with two attached hydrogens (primary N) is 1. The number of rotatable bonds is 2. The van der Waals surface area contributed by atoms with Gasteiger partial charge in [-0.05, 0) is 55.7 Å². The smallest absolute Gasteiger partial charge is 0.0373 e. The summed E-state index contributed by atoms with van der Waals surface area (Å²) in [5, 5.41) is 0. The number of anilines is 1. The molecular weight excluding hydrogens is 158 g/mol. The van der Waals surface area contributed by atoms with Crippen LogP contribution in [0.2, 0.25) is 0 Å². The average molecular weight is 175 g/mol. The molecular formula is C12H17N. The van der Waals surface area contributed by atoms with E-state index in [0.29, 0.717) is 0 Å². The third-order valence-electron chi connectivity index (χ3n) is 2.87. The monoisotopic (exact) mass is 175 g/mol. The van der Waals surface area contributed by atoms with Gasteiger partial charge in [0, 0.05) is 5.69 Å². The zero-order valence-electron chi connectivity index (χ0n) is 8.43. The molecule has 0 atom stereocenters. The second-order valence-electron chi connectivity index (χ2n) is 4.29. The summed E-state index contributed by atoms with van der Waals surface area (Å²) in [7, 11) is 0. The molecule has 0 heterocycles. The maximum atomic E-state index is 5.90. The number of nitrogen functional groups attached to an aromatic ring is 1. The molecule has 0 amide bonds. The van der Waals surface area contributed by atoms with Crippen LogP contribution in [-0.2, 0) is 6.42 Å². The molecule has 1 aromatic rings. The molecule has 1 aliphatic rings. The number of hydrogen-bond acceptors (Lipinski definition) is 1. The quantitative estimate of drug-likeness (QED) is 0.687. The van der Waals surface area contributed by atoms with E-state index in [-0.39, 0.29) is 0 Å². The van der Waals surface area contributed by atoms with Gasteiger partial charge in [0.15, 0.2) is 0 Å². The van der Waals surface area contributed by atoms with Crippen LogP contribution in [0.15, 0.2) is 12.1 Å². The molecule has 1 fully saturated rings. The van der Waals surface area contributed by atoms with Gasteiger partial charge in [-0.2, -0.15) is 0 Å². The number of aryl methyl sites for hydroxylation is 2. The van der Waals surface area contributed by atoms with Gasteiger partial charge in [0.05, 0.1) is 0 Å². The maximum Gasteiger partial charge on any atom is 0.0373 e. The summed E-state index contributed by atoms with van der Waals surface area (Å²) in [5.41, 5.74) is 10.8. The van der Waals surface area contributed by atoms with E-state index in [0.717, 1.165) is 11.6 Å². The lowest BCUT2D eigenvalue weighted by Crippen LogP contribution is -1.96. The lowest BCUT2D eigenvalue weighted by Gasteiger charge is -2.08. The molecule has 1 saturated carbocycles. The lowest BCUT2D eigenvalue weighted by atomic mass is 10.0. The molecule has 1 heteroatoms. The highest BCUT2D eigenvalue weighted by molar-refractivity contribution is 5.54. The Labute approximate surface area is 80.0 Å². The van der Waals surface area contributed by atoms with E-state index in [2.05, 4.69) is 26.0 Å². The van der Waals surface area contributed by atoms with Crippen LogP contribution in [0.1, 0.15) is 29.5 Å². The summed E-state index contributed by atoms with van der Waals surface area (Å²) in [4.78, 5) is 0. The fourth-order valence-electron chi connectivity index (χ4n) is 1.84. The molecule has 0 unspecified atom stereocenters. The van der Waals surface area contributed by atoms with Gasteiger partial charge >= 0.3 is 0 Å². The van der Waals surface area contributed by atoms with Gasteiger partial charge in [0.2, 0.25) is 0 Å². The van der Waals surface area contributed by atoms with Gasteiger partial charge in [0.1, 0.15) is 0 Å². The maximum absolute atomic E-state index is 5.90. The molecule has 1 aromatic carbocycles. The first-order chi connectivity index (χ1) is 6.16. The minimum absolute atomic E-state index is 0.958. The van der Waals surface area contributed by atoms with Crippen molar-refractivity contribution in [2.45, 2.75) is 33.1 Å². The summed E-state index contributed by atoms with van der Waals surface area (Å²) in [6.45, 7) is 4.19. The summed E-state index contributed by atoms with van der Waals surface area (Å²) < 4.78 is 0. The third kappa shape index (κ3) is 1.85. The normalized spacial score (nSPS) is 16.2. The summed E-state index contributed by atoms with van der Waals surface area (Å²) in [6.07, 6.45) is 4.09. The summed E-state index contributed by atoms with van der Waals surface area (Å²) in [5.74, 6) is 0.961. The van der Waals surface area contributed by atoms with Crippen LogP contribution in [0.25, 0.3) is 0 Å². The van der Waals surface area contributed by atoms with E-state index in [9.17, 15) is 0 Å². The minimum Gasteiger partial charge on any atom is -0.398 e. The first-order valence-electron chi connectivity index (χ1n) is 5.02. The van der Waals surface area contributed by atoms with Crippen molar-refractivity contribution >= 4 is 5.69 Å². The predicted octanol–water partition coefficient (Wildman–Crippen LogP) is 2.84. The molecule has 0 aliphatic heterocycles. The van der Waals surface area contributed by atoms with Crippen LogP contribution in [0.3, 0.4) is 0 Å². The topological polar surface area (TPSA) is 26.0 Å². The lowest BCUT2D eigenvalue weighted by molar-refractivity contribution is 0.830. The zero-order chi connectivity index (χ0) is 9.42. The number of hydrogen-bond donors (Lipinski definition) is 1. The Morgan fingerprint density at radius 1 is 1.23 bits per heavy atom. The molecule has 1 aliphatic carbocycles. The van der Waals surface area contributed by atoms with Gasteiger partial charge in [-0.25, -0.2) is 0 Å². The summed E-state index contributed by atoms with van der Waals surface area (Å²) in [6, 6.07) is 4.47.